The molecular weight excluding hydrogens is 458 g/mol. The van der Waals surface area contributed by atoms with Gasteiger partial charge in [-0.3, -0.25) is 0 Å². The van der Waals surface area contributed by atoms with Crippen LogP contribution in [0.3, 0.4) is 0 Å². The van der Waals surface area contributed by atoms with Crippen molar-refractivity contribution in [1.82, 2.24) is 10.6 Å². The van der Waals surface area contributed by atoms with Crippen LogP contribution < -0.4 is 10.6 Å². The first-order chi connectivity index (χ1) is 12.0. The van der Waals surface area contributed by atoms with Gasteiger partial charge in [-0.15, -0.1) is 24.0 Å². The molecule has 1 saturated carbocycles. The molecule has 0 radical (unpaired) electrons. The number of guanidine groups is 1. The zero-order chi connectivity index (χ0) is 18.1. The van der Waals surface area contributed by atoms with E-state index < -0.39 is 12.8 Å². The first-order valence-electron chi connectivity index (χ1n) is 8.73. The van der Waals surface area contributed by atoms with Gasteiger partial charge in [0.1, 0.15) is 6.61 Å². The van der Waals surface area contributed by atoms with Crippen LogP contribution in [0.5, 0.6) is 0 Å². The van der Waals surface area contributed by atoms with Crippen LogP contribution >= 0.6 is 24.0 Å². The fourth-order valence-electron chi connectivity index (χ4n) is 2.86. The molecule has 0 bridgehead atoms. The maximum absolute atomic E-state index is 12.1. The summed E-state index contributed by atoms with van der Waals surface area (Å²) in [5.74, 6) is 0.785. The van der Waals surface area contributed by atoms with E-state index in [4.69, 9.17) is 4.74 Å². The number of alkyl halides is 3. The number of hydrogen-bond acceptors (Lipinski definition) is 2. The summed E-state index contributed by atoms with van der Waals surface area (Å²) >= 11 is 0. The average molecular weight is 485 g/mol. The van der Waals surface area contributed by atoms with Gasteiger partial charge in [0, 0.05) is 12.6 Å². The van der Waals surface area contributed by atoms with Gasteiger partial charge in [0.15, 0.2) is 5.96 Å². The summed E-state index contributed by atoms with van der Waals surface area (Å²) < 4.78 is 41.1. The van der Waals surface area contributed by atoms with Crippen molar-refractivity contribution in [2.45, 2.75) is 58.0 Å². The summed E-state index contributed by atoms with van der Waals surface area (Å²) in [6, 6.07) is 7.79. The smallest absolute Gasteiger partial charge is 0.367 e. The third-order valence-electron chi connectivity index (χ3n) is 3.99. The van der Waals surface area contributed by atoms with Crippen molar-refractivity contribution < 1.29 is 17.9 Å². The van der Waals surface area contributed by atoms with E-state index in [1.165, 1.54) is 12.8 Å². The molecule has 0 atom stereocenters. The molecule has 0 amide bonds. The third-order valence-corrected chi connectivity index (χ3v) is 3.99. The van der Waals surface area contributed by atoms with Crippen molar-refractivity contribution in [1.29, 1.82) is 0 Å². The van der Waals surface area contributed by atoms with Crippen LogP contribution in [0.4, 0.5) is 13.2 Å². The lowest BCUT2D eigenvalue weighted by Crippen LogP contribution is -2.42. The molecule has 0 aromatic heterocycles. The molecule has 1 aliphatic carbocycles. The number of benzene rings is 1. The van der Waals surface area contributed by atoms with Gasteiger partial charge in [-0.2, -0.15) is 13.2 Å². The number of nitrogens with zero attached hydrogens (tertiary/aromatic N) is 1. The Morgan fingerprint density at radius 3 is 2.58 bits per heavy atom. The summed E-state index contributed by atoms with van der Waals surface area (Å²) in [6.45, 7) is 1.98. The SMILES string of the molecule is CCNC(=NCc1cccc(COCC(F)(F)F)c1)NC1CCCC1.I. The molecule has 1 aliphatic rings. The highest BCUT2D eigenvalue weighted by Gasteiger charge is 2.27. The molecule has 4 nitrogen and oxygen atoms in total. The summed E-state index contributed by atoms with van der Waals surface area (Å²) in [4.78, 5) is 4.58. The number of rotatable bonds is 7. The highest BCUT2D eigenvalue weighted by molar-refractivity contribution is 14.0. The van der Waals surface area contributed by atoms with Gasteiger partial charge in [-0.1, -0.05) is 37.1 Å². The van der Waals surface area contributed by atoms with E-state index in [2.05, 4.69) is 15.6 Å². The molecule has 2 rings (SSSR count). The monoisotopic (exact) mass is 485 g/mol. The molecule has 1 aromatic carbocycles. The summed E-state index contributed by atoms with van der Waals surface area (Å²) in [5, 5.41) is 6.68. The number of ether oxygens (including phenoxy) is 1. The van der Waals surface area contributed by atoms with Crippen molar-refractivity contribution >= 4 is 29.9 Å². The van der Waals surface area contributed by atoms with Gasteiger partial charge in [0.05, 0.1) is 13.2 Å². The van der Waals surface area contributed by atoms with Crippen LogP contribution in [0.25, 0.3) is 0 Å². The second-order valence-electron chi connectivity index (χ2n) is 6.25. The molecule has 0 aliphatic heterocycles. The average Bonchev–Trinajstić information content (AvgIpc) is 3.05. The minimum Gasteiger partial charge on any atom is -0.367 e. The number of halogens is 4. The molecule has 1 aromatic rings. The Hall–Kier alpha value is -1.03. The molecule has 1 fully saturated rings. The molecule has 0 saturated heterocycles. The van der Waals surface area contributed by atoms with Crippen LogP contribution in [0, 0.1) is 0 Å². The number of hydrogen-bond donors (Lipinski definition) is 2. The zero-order valence-corrected chi connectivity index (χ0v) is 17.3. The lowest BCUT2D eigenvalue weighted by molar-refractivity contribution is -0.176. The van der Waals surface area contributed by atoms with Gasteiger partial charge < -0.3 is 15.4 Å². The van der Waals surface area contributed by atoms with E-state index in [1.807, 2.05) is 25.1 Å². The third kappa shape index (κ3) is 9.07. The first-order valence-corrected chi connectivity index (χ1v) is 8.73. The van der Waals surface area contributed by atoms with E-state index in [-0.39, 0.29) is 30.6 Å². The van der Waals surface area contributed by atoms with Crippen LogP contribution in [0.15, 0.2) is 29.3 Å². The predicted molar refractivity (Wildman–Crippen MR) is 108 cm³/mol. The molecule has 148 valence electrons. The van der Waals surface area contributed by atoms with Gasteiger partial charge >= 0.3 is 6.18 Å². The molecule has 26 heavy (non-hydrogen) atoms. The Morgan fingerprint density at radius 1 is 1.23 bits per heavy atom. The van der Waals surface area contributed by atoms with Crippen LogP contribution in [0.1, 0.15) is 43.7 Å². The van der Waals surface area contributed by atoms with Crippen molar-refractivity contribution in [2.24, 2.45) is 4.99 Å². The lowest BCUT2D eigenvalue weighted by atomic mass is 10.1. The first kappa shape index (κ1) is 23.0. The topological polar surface area (TPSA) is 45.7 Å². The highest BCUT2D eigenvalue weighted by atomic mass is 127. The standard InChI is InChI=1S/C18H26F3N3O.HI/c1-2-22-17(24-16-8-3-4-9-16)23-11-14-6-5-7-15(10-14)12-25-13-18(19,20)21;/h5-7,10,16H,2-4,8-9,11-13H2,1H3,(H2,22,23,24);1H. The van der Waals surface area contributed by atoms with Gasteiger partial charge in [0.25, 0.3) is 0 Å². The van der Waals surface area contributed by atoms with E-state index in [9.17, 15) is 13.2 Å². The largest absolute Gasteiger partial charge is 0.411 e. The minimum atomic E-state index is -4.30. The Labute approximate surface area is 170 Å². The van der Waals surface area contributed by atoms with Crippen molar-refractivity contribution in [3.63, 3.8) is 0 Å². The lowest BCUT2D eigenvalue weighted by Gasteiger charge is -2.16. The molecule has 2 N–H and O–H groups in total. The maximum atomic E-state index is 12.1. The Kier molecular flexibility index (Phi) is 10.3. The van der Waals surface area contributed by atoms with E-state index in [0.29, 0.717) is 18.2 Å². The zero-order valence-electron chi connectivity index (χ0n) is 14.9. The van der Waals surface area contributed by atoms with Crippen molar-refractivity contribution in [3.05, 3.63) is 35.4 Å². The normalized spacial score (nSPS) is 15.6. The Bertz CT molecular complexity index is 561. The molecule has 0 spiro atoms. The summed E-state index contributed by atoms with van der Waals surface area (Å²) in [5.41, 5.74) is 1.66. The molecule has 0 unspecified atom stereocenters. The van der Waals surface area contributed by atoms with Gasteiger partial charge in [0.2, 0.25) is 0 Å². The Morgan fingerprint density at radius 2 is 1.92 bits per heavy atom. The van der Waals surface area contributed by atoms with Crippen LogP contribution in [-0.2, 0) is 17.9 Å². The fraction of sp³-hybridized carbons (Fsp3) is 0.611. The molecular formula is C18H27F3IN3O. The highest BCUT2D eigenvalue weighted by Crippen LogP contribution is 2.18. The molecule has 8 heteroatoms. The second-order valence-corrected chi connectivity index (χ2v) is 6.25. The van der Waals surface area contributed by atoms with Crippen molar-refractivity contribution in [2.75, 3.05) is 13.2 Å². The van der Waals surface area contributed by atoms with E-state index in [0.717, 1.165) is 30.9 Å². The van der Waals surface area contributed by atoms with Crippen LogP contribution in [-0.4, -0.2) is 31.3 Å². The van der Waals surface area contributed by atoms with E-state index in [1.54, 1.807) is 6.07 Å². The predicted octanol–water partition coefficient (Wildman–Crippen LogP) is 4.38. The Balaban J connectivity index is 0.00000338. The minimum absolute atomic E-state index is 0. The fourth-order valence-corrected chi connectivity index (χ4v) is 2.86. The summed E-state index contributed by atoms with van der Waals surface area (Å²) in [6.07, 6.45) is 0.523. The van der Waals surface area contributed by atoms with Crippen LogP contribution in [0.2, 0.25) is 0 Å². The van der Waals surface area contributed by atoms with Gasteiger partial charge in [-0.05, 0) is 30.9 Å². The molecule has 0 heterocycles. The van der Waals surface area contributed by atoms with E-state index >= 15 is 0 Å². The number of aliphatic imine (C=N–C) groups is 1. The maximum Gasteiger partial charge on any atom is 0.411 e. The summed E-state index contributed by atoms with van der Waals surface area (Å²) in [7, 11) is 0. The van der Waals surface area contributed by atoms with Gasteiger partial charge in [-0.25, -0.2) is 4.99 Å². The second kappa shape index (κ2) is 11.6. The quantitative estimate of drug-likeness (QED) is 0.343. The number of nitrogens with one attached hydrogen (secondary N) is 2. The van der Waals surface area contributed by atoms with Crippen molar-refractivity contribution in [3.8, 4) is 0 Å².